The summed E-state index contributed by atoms with van der Waals surface area (Å²) in [5.74, 6) is 1.02. The van der Waals surface area contributed by atoms with Crippen molar-refractivity contribution in [1.82, 2.24) is 4.90 Å². The Labute approximate surface area is 188 Å². The van der Waals surface area contributed by atoms with Crippen LogP contribution in [0.2, 0.25) is 0 Å². The molecule has 5 rings (SSSR count). The van der Waals surface area contributed by atoms with Gasteiger partial charge in [0.05, 0.1) is 12.2 Å². The number of anilines is 1. The van der Waals surface area contributed by atoms with Gasteiger partial charge in [-0.1, -0.05) is 31.6 Å². The minimum atomic E-state index is -0.0516. The van der Waals surface area contributed by atoms with Gasteiger partial charge in [-0.25, -0.2) is 0 Å². The fraction of sp³-hybridized carbons (Fsp3) is 0.370. The second-order valence-electron chi connectivity index (χ2n) is 8.80. The topological polar surface area (TPSA) is 68.7 Å². The average molecular weight is 431 g/mol. The lowest BCUT2D eigenvalue weighted by Crippen LogP contribution is -2.32. The highest BCUT2D eigenvalue weighted by Gasteiger charge is 2.30. The number of rotatable bonds is 7. The van der Waals surface area contributed by atoms with Gasteiger partial charge in [-0.2, -0.15) is 0 Å². The number of benzene rings is 2. The third-order valence-electron chi connectivity index (χ3n) is 6.71. The Morgan fingerprint density at radius 3 is 3.00 bits per heavy atom. The molecule has 5 nitrogen and oxygen atoms in total. The smallest absolute Gasteiger partial charge is 0.199 e. The van der Waals surface area contributed by atoms with Crippen LogP contribution in [0, 0.1) is 0 Å². The molecule has 5 heteroatoms. The molecule has 1 unspecified atom stereocenters. The molecular weight excluding hydrogens is 400 g/mol. The molecule has 1 saturated heterocycles. The standard InChI is InChI=1S/C27H30N2O3/c1-2-3-15-31-23-9-5-4-8-21(23)26(30)19-10-11-24-22(17-19)25(27(28)32-24)18-12-14-29-13-6-7-20(29)16-18/h4-5,8-12,17,20H,2-3,6-7,13-16,28H2,1H3. The van der Waals surface area contributed by atoms with Gasteiger partial charge in [-0.3, -0.25) is 9.69 Å². The fourth-order valence-corrected chi connectivity index (χ4v) is 4.99. The van der Waals surface area contributed by atoms with Gasteiger partial charge in [0.1, 0.15) is 11.3 Å². The Balaban J connectivity index is 1.49. The van der Waals surface area contributed by atoms with E-state index in [4.69, 9.17) is 14.9 Å². The summed E-state index contributed by atoms with van der Waals surface area (Å²) < 4.78 is 11.8. The minimum absolute atomic E-state index is 0.0516. The highest BCUT2D eigenvalue weighted by Crippen LogP contribution is 2.40. The van der Waals surface area contributed by atoms with Crippen LogP contribution in [0.5, 0.6) is 5.75 Å². The zero-order valence-corrected chi connectivity index (χ0v) is 18.6. The first kappa shape index (κ1) is 20.8. The summed E-state index contributed by atoms with van der Waals surface area (Å²) in [7, 11) is 0. The highest BCUT2D eigenvalue weighted by molar-refractivity contribution is 6.13. The molecule has 3 aromatic rings. The SMILES string of the molecule is CCCCOc1ccccc1C(=O)c1ccc2oc(N)c(C3=CCN4CCCC4C3)c2c1. The number of nitrogens with two attached hydrogens (primary N) is 1. The largest absolute Gasteiger partial charge is 0.493 e. The van der Waals surface area contributed by atoms with Crippen LogP contribution in [0.4, 0.5) is 5.88 Å². The molecular formula is C27H30N2O3. The Hall–Kier alpha value is -3.05. The molecule has 1 aromatic heterocycles. The second-order valence-corrected chi connectivity index (χ2v) is 8.80. The first-order valence-corrected chi connectivity index (χ1v) is 11.7. The van der Waals surface area contributed by atoms with Crippen molar-refractivity contribution in [2.45, 2.75) is 45.1 Å². The summed E-state index contributed by atoms with van der Waals surface area (Å²) in [6, 6.07) is 13.6. The Morgan fingerprint density at radius 1 is 1.25 bits per heavy atom. The summed E-state index contributed by atoms with van der Waals surface area (Å²) in [6.07, 6.45) is 7.74. The number of ether oxygens (including phenoxy) is 1. The van der Waals surface area contributed by atoms with Gasteiger partial charge in [0, 0.05) is 29.1 Å². The molecule has 32 heavy (non-hydrogen) atoms. The normalized spacial score (nSPS) is 18.5. The van der Waals surface area contributed by atoms with E-state index in [1.807, 2.05) is 42.5 Å². The average Bonchev–Trinajstić information content (AvgIpc) is 3.41. The van der Waals surface area contributed by atoms with E-state index in [2.05, 4.69) is 17.9 Å². The lowest BCUT2D eigenvalue weighted by Gasteiger charge is -2.29. The van der Waals surface area contributed by atoms with E-state index in [1.54, 1.807) is 0 Å². The monoisotopic (exact) mass is 430 g/mol. The number of carbonyl (C=O) groups is 1. The first-order chi connectivity index (χ1) is 15.7. The van der Waals surface area contributed by atoms with Gasteiger partial charge in [-0.05, 0) is 68.1 Å². The van der Waals surface area contributed by atoms with Crippen LogP contribution >= 0.6 is 0 Å². The number of unbranched alkanes of at least 4 members (excludes halogenated alkanes) is 1. The maximum absolute atomic E-state index is 13.4. The maximum Gasteiger partial charge on any atom is 0.199 e. The minimum Gasteiger partial charge on any atom is -0.493 e. The van der Waals surface area contributed by atoms with E-state index in [-0.39, 0.29) is 5.78 Å². The van der Waals surface area contributed by atoms with Crippen LogP contribution in [0.25, 0.3) is 16.5 Å². The number of fused-ring (bicyclic) bond motifs is 2. The summed E-state index contributed by atoms with van der Waals surface area (Å²) in [5.41, 5.74) is 10.4. The van der Waals surface area contributed by atoms with E-state index >= 15 is 0 Å². The van der Waals surface area contributed by atoms with E-state index < -0.39 is 0 Å². The quantitative estimate of drug-likeness (QED) is 0.386. The van der Waals surface area contributed by atoms with Crippen LogP contribution in [-0.2, 0) is 0 Å². The Kier molecular flexibility index (Phi) is 5.75. The predicted octanol–water partition coefficient (Wildman–Crippen LogP) is 5.68. The maximum atomic E-state index is 13.4. The van der Waals surface area contributed by atoms with Crippen molar-refractivity contribution in [3.05, 3.63) is 65.2 Å². The van der Waals surface area contributed by atoms with Crippen LogP contribution in [0.3, 0.4) is 0 Å². The third kappa shape index (κ3) is 3.82. The summed E-state index contributed by atoms with van der Waals surface area (Å²) in [6.45, 7) is 4.85. The van der Waals surface area contributed by atoms with E-state index in [1.165, 1.54) is 25.0 Å². The van der Waals surface area contributed by atoms with Gasteiger partial charge in [-0.15, -0.1) is 0 Å². The molecule has 0 spiro atoms. The molecule has 2 aliphatic heterocycles. The summed E-state index contributed by atoms with van der Waals surface area (Å²) in [5, 5.41) is 0.912. The van der Waals surface area contributed by atoms with Crippen molar-refractivity contribution >= 4 is 28.2 Å². The molecule has 2 aliphatic rings. The molecule has 3 heterocycles. The molecule has 1 fully saturated rings. The predicted molar refractivity (Wildman–Crippen MR) is 128 cm³/mol. The molecule has 0 saturated carbocycles. The number of ketones is 1. The number of hydrogen-bond acceptors (Lipinski definition) is 5. The molecule has 0 aliphatic carbocycles. The van der Waals surface area contributed by atoms with Crippen molar-refractivity contribution in [2.24, 2.45) is 0 Å². The number of carbonyl (C=O) groups excluding carboxylic acids is 1. The number of nitrogens with zero attached hydrogens (tertiary/aromatic N) is 1. The van der Waals surface area contributed by atoms with E-state index in [0.29, 0.717) is 35.4 Å². The van der Waals surface area contributed by atoms with Crippen LogP contribution < -0.4 is 10.5 Å². The number of para-hydroxylation sites is 1. The molecule has 1 atom stereocenters. The Bertz CT molecular complexity index is 1180. The fourth-order valence-electron chi connectivity index (χ4n) is 4.99. The lowest BCUT2D eigenvalue weighted by atomic mass is 9.92. The van der Waals surface area contributed by atoms with Gasteiger partial charge in [0.2, 0.25) is 0 Å². The molecule has 2 N–H and O–H groups in total. The number of furan rings is 1. The van der Waals surface area contributed by atoms with Gasteiger partial charge >= 0.3 is 0 Å². The highest BCUT2D eigenvalue weighted by atomic mass is 16.5. The van der Waals surface area contributed by atoms with Crippen molar-refractivity contribution < 1.29 is 13.9 Å². The molecule has 166 valence electrons. The molecule has 0 bridgehead atoms. The third-order valence-corrected chi connectivity index (χ3v) is 6.71. The second kappa shape index (κ2) is 8.83. The number of hydrogen-bond donors (Lipinski definition) is 1. The van der Waals surface area contributed by atoms with Crippen LogP contribution in [0.15, 0.2) is 53.0 Å². The van der Waals surface area contributed by atoms with Crippen molar-refractivity contribution in [1.29, 1.82) is 0 Å². The van der Waals surface area contributed by atoms with Crippen LogP contribution in [0.1, 0.15) is 60.5 Å². The van der Waals surface area contributed by atoms with Gasteiger partial charge in [0.15, 0.2) is 11.7 Å². The van der Waals surface area contributed by atoms with E-state index in [9.17, 15) is 4.79 Å². The molecule has 0 amide bonds. The molecule has 2 aromatic carbocycles. The molecule has 0 radical (unpaired) electrons. The van der Waals surface area contributed by atoms with Crippen molar-refractivity contribution in [3.63, 3.8) is 0 Å². The first-order valence-electron chi connectivity index (χ1n) is 11.7. The zero-order chi connectivity index (χ0) is 22.1. The van der Waals surface area contributed by atoms with Crippen LogP contribution in [-0.4, -0.2) is 36.4 Å². The lowest BCUT2D eigenvalue weighted by molar-refractivity contribution is 0.103. The van der Waals surface area contributed by atoms with E-state index in [0.717, 1.165) is 42.3 Å². The zero-order valence-electron chi connectivity index (χ0n) is 18.6. The van der Waals surface area contributed by atoms with Crippen molar-refractivity contribution in [2.75, 3.05) is 25.4 Å². The summed E-state index contributed by atoms with van der Waals surface area (Å²) in [4.78, 5) is 16.0. The Morgan fingerprint density at radius 2 is 2.12 bits per heavy atom. The summed E-state index contributed by atoms with van der Waals surface area (Å²) >= 11 is 0. The van der Waals surface area contributed by atoms with Crippen molar-refractivity contribution in [3.8, 4) is 5.75 Å². The van der Waals surface area contributed by atoms with Gasteiger partial charge < -0.3 is 14.9 Å². The number of nitrogen functional groups attached to an aromatic ring is 1. The van der Waals surface area contributed by atoms with Gasteiger partial charge in [0.25, 0.3) is 0 Å².